The fraction of sp³-hybridized carbons (Fsp3) is 0.259. The molecular weight excluding hydrogens is 402 g/mol. The second kappa shape index (κ2) is 6.95. The summed E-state index contributed by atoms with van der Waals surface area (Å²) in [5, 5.41) is 9.37. The molecule has 0 bridgehead atoms. The Labute approximate surface area is 186 Å². The van der Waals surface area contributed by atoms with E-state index < -0.39 is 5.97 Å². The van der Waals surface area contributed by atoms with E-state index in [1.54, 1.807) is 17.0 Å². The molecule has 0 unspecified atom stereocenters. The molecule has 3 aromatic rings. The normalized spacial score (nSPS) is 17.4. The highest BCUT2D eigenvalue weighted by Crippen LogP contribution is 2.52. The number of fused-ring (bicyclic) bond motifs is 5. The minimum Gasteiger partial charge on any atom is -0.478 e. The maximum absolute atomic E-state index is 13.1. The van der Waals surface area contributed by atoms with E-state index >= 15 is 0 Å². The number of carbonyl (C=O) groups excluding carboxylic acids is 1. The van der Waals surface area contributed by atoms with E-state index in [2.05, 4.69) is 24.3 Å². The van der Waals surface area contributed by atoms with Crippen LogP contribution in [-0.2, 0) is 16.7 Å². The van der Waals surface area contributed by atoms with Crippen LogP contribution in [0.15, 0.2) is 66.7 Å². The second-order valence-electron chi connectivity index (χ2n) is 9.12. The summed E-state index contributed by atoms with van der Waals surface area (Å²) in [5.74, 6) is -0.923. The lowest BCUT2D eigenvalue weighted by Gasteiger charge is -2.34. The van der Waals surface area contributed by atoms with Crippen LogP contribution in [0.2, 0.25) is 0 Å². The topological polar surface area (TPSA) is 66.8 Å². The Bertz CT molecular complexity index is 1210. The number of nitrogens with zero attached hydrogens (tertiary/aromatic N) is 1. The van der Waals surface area contributed by atoms with Crippen molar-refractivity contribution in [3.63, 3.8) is 0 Å². The Balaban J connectivity index is 1.23. The molecule has 3 aromatic carbocycles. The summed E-state index contributed by atoms with van der Waals surface area (Å²) in [6.45, 7) is 1.30. The summed E-state index contributed by atoms with van der Waals surface area (Å²) >= 11 is 0. The van der Waals surface area contributed by atoms with Crippen LogP contribution in [0.3, 0.4) is 0 Å². The van der Waals surface area contributed by atoms with Crippen LogP contribution in [-0.4, -0.2) is 35.2 Å². The first-order chi connectivity index (χ1) is 15.6. The lowest BCUT2D eigenvalue weighted by atomic mass is 9.86. The zero-order valence-corrected chi connectivity index (χ0v) is 17.6. The molecule has 1 aliphatic heterocycles. The van der Waals surface area contributed by atoms with E-state index in [0.717, 1.165) is 18.4 Å². The Kier molecular flexibility index (Phi) is 4.15. The Morgan fingerprint density at radius 3 is 2.25 bits per heavy atom. The third-order valence-electron chi connectivity index (χ3n) is 7.23. The van der Waals surface area contributed by atoms with Crippen LogP contribution in [0.5, 0.6) is 0 Å². The molecule has 1 saturated carbocycles. The average Bonchev–Trinajstić information content (AvgIpc) is 3.51. The van der Waals surface area contributed by atoms with Gasteiger partial charge < -0.3 is 14.7 Å². The Hall–Kier alpha value is -3.60. The summed E-state index contributed by atoms with van der Waals surface area (Å²) in [6, 6.07) is 21.9. The van der Waals surface area contributed by atoms with E-state index in [4.69, 9.17) is 4.74 Å². The quantitative estimate of drug-likeness (QED) is 0.628. The standard InChI is InChI=1S/C27H23NO4/c29-25(30)17-9-10-24-18(13-17)14-28(16-27(24)11-12-27)26(31)32-15-23-21-7-3-1-5-19(21)20-6-2-4-8-22(20)23/h1-10,13,23H,11-12,14-16H2,(H,29,30). The van der Waals surface area contributed by atoms with Gasteiger partial charge in [-0.3, -0.25) is 0 Å². The van der Waals surface area contributed by atoms with Gasteiger partial charge in [0.25, 0.3) is 0 Å². The smallest absolute Gasteiger partial charge is 0.410 e. The van der Waals surface area contributed by atoms with Crippen LogP contribution in [0.25, 0.3) is 11.1 Å². The van der Waals surface area contributed by atoms with Gasteiger partial charge in [-0.2, -0.15) is 0 Å². The molecular formula is C27H23NO4. The fourth-order valence-corrected chi connectivity index (χ4v) is 5.48. The number of carbonyl (C=O) groups is 2. The molecule has 1 N–H and O–H groups in total. The highest BCUT2D eigenvalue weighted by atomic mass is 16.6. The molecule has 0 saturated heterocycles. The molecule has 5 nitrogen and oxygen atoms in total. The van der Waals surface area contributed by atoms with Gasteiger partial charge in [-0.25, -0.2) is 9.59 Å². The first-order valence-corrected chi connectivity index (χ1v) is 11.0. The molecule has 3 aliphatic rings. The van der Waals surface area contributed by atoms with Crippen LogP contribution < -0.4 is 0 Å². The summed E-state index contributed by atoms with van der Waals surface area (Å²) in [7, 11) is 0. The molecule has 160 valence electrons. The highest BCUT2D eigenvalue weighted by Gasteiger charge is 2.50. The van der Waals surface area contributed by atoms with Crippen molar-refractivity contribution in [3.8, 4) is 11.1 Å². The van der Waals surface area contributed by atoms with Crippen molar-refractivity contribution in [3.05, 3.63) is 94.5 Å². The van der Waals surface area contributed by atoms with Gasteiger partial charge in [0.15, 0.2) is 0 Å². The van der Waals surface area contributed by atoms with E-state index in [1.807, 2.05) is 30.3 Å². The Morgan fingerprint density at radius 2 is 1.62 bits per heavy atom. The first-order valence-electron chi connectivity index (χ1n) is 11.0. The van der Waals surface area contributed by atoms with E-state index in [-0.39, 0.29) is 23.0 Å². The molecule has 6 rings (SSSR count). The number of ether oxygens (including phenoxy) is 1. The molecule has 1 fully saturated rings. The van der Waals surface area contributed by atoms with Gasteiger partial charge in [0.1, 0.15) is 6.61 Å². The molecule has 0 aromatic heterocycles. The molecule has 1 amide bonds. The van der Waals surface area contributed by atoms with E-state index in [0.29, 0.717) is 19.7 Å². The molecule has 0 atom stereocenters. The van der Waals surface area contributed by atoms with E-state index in [9.17, 15) is 14.7 Å². The zero-order valence-electron chi connectivity index (χ0n) is 17.6. The average molecular weight is 425 g/mol. The van der Waals surface area contributed by atoms with Crippen LogP contribution in [0.1, 0.15) is 51.4 Å². The third-order valence-corrected chi connectivity index (χ3v) is 7.23. The number of hydrogen-bond acceptors (Lipinski definition) is 3. The maximum atomic E-state index is 13.1. The number of hydrogen-bond donors (Lipinski definition) is 1. The van der Waals surface area contributed by atoms with Crippen molar-refractivity contribution in [2.24, 2.45) is 0 Å². The van der Waals surface area contributed by atoms with Crippen LogP contribution >= 0.6 is 0 Å². The van der Waals surface area contributed by atoms with Gasteiger partial charge in [0.2, 0.25) is 0 Å². The predicted octanol–water partition coefficient (Wildman–Crippen LogP) is 5.18. The molecule has 32 heavy (non-hydrogen) atoms. The molecule has 5 heteroatoms. The first kappa shape index (κ1) is 19.1. The van der Waals surface area contributed by atoms with Gasteiger partial charge >= 0.3 is 12.1 Å². The van der Waals surface area contributed by atoms with Gasteiger partial charge in [-0.1, -0.05) is 54.6 Å². The Morgan fingerprint density at radius 1 is 0.969 bits per heavy atom. The summed E-state index contributed by atoms with van der Waals surface area (Å²) in [5.41, 5.74) is 7.10. The van der Waals surface area contributed by atoms with Crippen LogP contribution in [0, 0.1) is 0 Å². The number of carboxylic acid groups (broad SMARTS) is 1. The highest BCUT2D eigenvalue weighted by molar-refractivity contribution is 5.88. The van der Waals surface area contributed by atoms with Gasteiger partial charge in [0, 0.05) is 24.4 Å². The minimum absolute atomic E-state index is 0.0249. The zero-order chi connectivity index (χ0) is 21.9. The number of amides is 1. The monoisotopic (exact) mass is 425 g/mol. The summed E-state index contributed by atoms with van der Waals surface area (Å²) < 4.78 is 5.86. The molecule has 0 radical (unpaired) electrons. The fourth-order valence-electron chi connectivity index (χ4n) is 5.48. The van der Waals surface area contributed by atoms with Crippen LogP contribution in [0.4, 0.5) is 4.79 Å². The number of benzene rings is 3. The van der Waals surface area contributed by atoms with E-state index in [1.165, 1.54) is 27.8 Å². The van der Waals surface area contributed by atoms with Gasteiger partial charge in [0.05, 0.1) is 5.56 Å². The second-order valence-corrected chi connectivity index (χ2v) is 9.12. The van der Waals surface area contributed by atoms with Gasteiger partial charge in [-0.15, -0.1) is 0 Å². The molecule has 1 spiro atoms. The number of carboxylic acids is 1. The van der Waals surface area contributed by atoms with Crippen molar-refractivity contribution in [1.29, 1.82) is 0 Å². The summed E-state index contributed by atoms with van der Waals surface area (Å²) in [4.78, 5) is 26.3. The van der Waals surface area contributed by atoms with Crippen molar-refractivity contribution < 1.29 is 19.4 Å². The number of rotatable bonds is 3. The molecule has 2 aliphatic carbocycles. The van der Waals surface area contributed by atoms with Crippen molar-refractivity contribution >= 4 is 12.1 Å². The number of aromatic carboxylic acids is 1. The lowest BCUT2D eigenvalue weighted by molar-refractivity contribution is 0.0696. The minimum atomic E-state index is -0.948. The SMILES string of the molecule is O=C(O)c1ccc2c(c1)CN(C(=O)OCC1c3ccccc3-c3ccccc31)CC21CC1. The van der Waals surface area contributed by atoms with Crippen molar-refractivity contribution in [2.75, 3.05) is 13.2 Å². The molecule has 1 heterocycles. The third kappa shape index (κ3) is 2.92. The summed E-state index contributed by atoms with van der Waals surface area (Å²) in [6.07, 6.45) is 1.70. The lowest BCUT2D eigenvalue weighted by Crippen LogP contribution is -2.42. The van der Waals surface area contributed by atoms with Gasteiger partial charge in [-0.05, 0) is 58.4 Å². The predicted molar refractivity (Wildman–Crippen MR) is 120 cm³/mol. The maximum Gasteiger partial charge on any atom is 0.410 e. The van der Waals surface area contributed by atoms with Crippen molar-refractivity contribution in [1.82, 2.24) is 4.90 Å². The van der Waals surface area contributed by atoms with Crippen molar-refractivity contribution in [2.45, 2.75) is 30.7 Å². The largest absolute Gasteiger partial charge is 0.478 e.